The van der Waals surface area contributed by atoms with Gasteiger partial charge >= 0.3 is 0 Å². The highest BCUT2D eigenvalue weighted by Gasteiger charge is 2.42. The third kappa shape index (κ3) is 4.29. The van der Waals surface area contributed by atoms with Crippen LogP contribution in [0.15, 0.2) is 0 Å². The summed E-state index contributed by atoms with van der Waals surface area (Å²) >= 11 is 0. The van der Waals surface area contributed by atoms with Crippen molar-refractivity contribution in [3.8, 4) is 6.07 Å². The molecule has 1 N–H and O–H groups in total. The summed E-state index contributed by atoms with van der Waals surface area (Å²) in [5.74, 6) is -1.23. The summed E-state index contributed by atoms with van der Waals surface area (Å²) in [6.07, 6.45) is 3.50. The van der Waals surface area contributed by atoms with E-state index in [2.05, 4.69) is 11.4 Å². The Balaban J connectivity index is 1.96. The number of carbonyl (C=O) groups excluding carboxylic acids is 4. The minimum absolute atomic E-state index is 0.148. The predicted molar refractivity (Wildman–Crippen MR) is 96.9 cm³/mol. The summed E-state index contributed by atoms with van der Waals surface area (Å²) in [7, 11) is 1.59. The van der Waals surface area contributed by atoms with E-state index in [0.29, 0.717) is 19.3 Å². The number of nitrogens with one attached hydrogen (secondary N) is 1. The van der Waals surface area contributed by atoms with Crippen LogP contribution < -0.4 is 5.32 Å². The zero-order valence-corrected chi connectivity index (χ0v) is 16.3. The fourth-order valence-electron chi connectivity index (χ4n) is 3.94. The first kappa shape index (κ1) is 20.9. The number of amides is 4. The molecule has 0 aromatic rings. The van der Waals surface area contributed by atoms with E-state index in [1.807, 2.05) is 0 Å². The average molecular weight is 376 g/mol. The lowest BCUT2D eigenvalue weighted by atomic mass is 9.87. The molecule has 8 heteroatoms. The normalized spacial score (nSPS) is 20.9. The topological polar surface area (TPSA) is 111 Å². The second kappa shape index (κ2) is 8.51. The molecule has 1 aliphatic carbocycles. The van der Waals surface area contributed by atoms with Gasteiger partial charge in [0.15, 0.2) is 0 Å². The molecule has 0 spiro atoms. The van der Waals surface area contributed by atoms with E-state index >= 15 is 0 Å². The third-order valence-electron chi connectivity index (χ3n) is 5.48. The Labute approximate surface area is 159 Å². The van der Waals surface area contributed by atoms with Crippen molar-refractivity contribution in [2.24, 2.45) is 5.41 Å². The van der Waals surface area contributed by atoms with Crippen molar-refractivity contribution in [3.05, 3.63) is 0 Å². The molecule has 2 fully saturated rings. The second-order valence-corrected chi connectivity index (χ2v) is 7.58. The molecule has 148 valence electrons. The smallest absolute Gasteiger partial charge is 0.245 e. The van der Waals surface area contributed by atoms with Crippen LogP contribution in [0, 0.1) is 16.7 Å². The van der Waals surface area contributed by atoms with Crippen LogP contribution in [0.3, 0.4) is 0 Å². The van der Waals surface area contributed by atoms with Gasteiger partial charge in [0.05, 0.1) is 6.07 Å². The van der Waals surface area contributed by atoms with Gasteiger partial charge in [-0.1, -0.05) is 19.8 Å². The molecular formula is C19H28N4O4. The van der Waals surface area contributed by atoms with Gasteiger partial charge in [0.2, 0.25) is 23.6 Å². The van der Waals surface area contributed by atoms with Crippen LogP contribution in [0.25, 0.3) is 0 Å². The molecule has 2 aliphatic rings. The van der Waals surface area contributed by atoms with Crippen molar-refractivity contribution >= 4 is 23.6 Å². The Morgan fingerprint density at radius 1 is 1.26 bits per heavy atom. The van der Waals surface area contributed by atoms with Gasteiger partial charge in [0, 0.05) is 32.5 Å². The van der Waals surface area contributed by atoms with E-state index in [9.17, 15) is 24.4 Å². The highest BCUT2D eigenvalue weighted by atomic mass is 16.2. The Hall–Kier alpha value is -2.43. The lowest BCUT2D eigenvalue weighted by molar-refractivity contribution is -0.150. The number of carbonyl (C=O) groups is 4. The second-order valence-electron chi connectivity index (χ2n) is 7.58. The van der Waals surface area contributed by atoms with Crippen molar-refractivity contribution in [3.63, 3.8) is 0 Å². The molecule has 0 aromatic carbocycles. The Morgan fingerprint density at radius 3 is 2.30 bits per heavy atom. The molecule has 1 unspecified atom stereocenters. The fourth-order valence-corrected chi connectivity index (χ4v) is 3.94. The van der Waals surface area contributed by atoms with E-state index in [0.717, 1.165) is 17.7 Å². The van der Waals surface area contributed by atoms with Gasteiger partial charge in [-0.2, -0.15) is 5.26 Å². The maximum absolute atomic E-state index is 12.8. The van der Waals surface area contributed by atoms with E-state index in [4.69, 9.17) is 0 Å². The molecule has 1 saturated carbocycles. The summed E-state index contributed by atoms with van der Waals surface area (Å²) in [5, 5.41) is 12.2. The van der Waals surface area contributed by atoms with Gasteiger partial charge in [-0.05, 0) is 26.2 Å². The molecule has 4 amide bonds. The number of likely N-dealkylation sites (N-methyl/N-ethyl adjacent to an activating group) is 1. The molecular weight excluding hydrogens is 348 g/mol. The number of rotatable bonds is 7. The van der Waals surface area contributed by atoms with Crippen LogP contribution in [0.2, 0.25) is 0 Å². The molecule has 0 aromatic heterocycles. The largest absolute Gasteiger partial charge is 0.350 e. The van der Waals surface area contributed by atoms with Gasteiger partial charge in [-0.3, -0.25) is 24.1 Å². The van der Waals surface area contributed by atoms with Gasteiger partial charge < -0.3 is 10.2 Å². The van der Waals surface area contributed by atoms with E-state index < -0.39 is 11.5 Å². The van der Waals surface area contributed by atoms with Crippen LogP contribution in [-0.4, -0.2) is 59.1 Å². The third-order valence-corrected chi connectivity index (χ3v) is 5.48. The number of hydrogen-bond donors (Lipinski definition) is 1. The van der Waals surface area contributed by atoms with Gasteiger partial charge in [0.25, 0.3) is 0 Å². The molecule has 1 heterocycles. The minimum atomic E-state index is -0.961. The quantitative estimate of drug-likeness (QED) is 0.666. The highest BCUT2D eigenvalue weighted by Crippen LogP contribution is 2.37. The van der Waals surface area contributed by atoms with Crippen molar-refractivity contribution < 1.29 is 19.2 Å². The zero-order chi connectivity index (χ0) is 20.2. The molecule has 1 aliphatic heterocycles. The Bertz CT molecular complexity index is 647. The number of likely N-dealkylation sites (tertiary alicyclic amines) is 1. The first-order valence-corrected chi connectivity index (χ1v) is 9.58. The predicted octanol–water partition coefficient (Wildman–Crippen LogP) is 0.961. The van der Waals surface area contributed by atoms with Crippen LogP contribution in [-0.2, 0) is 19.2 Å². The van der Waals surface area contributed by atoms with Gasteiger partial charge in [0.1, 0.15) is 11.5 Å². The highest BCUT2D eigenvalue weighted by molar-refractivity contribution is 6.05. The van der Waals surface area contributed by atoms with E-state index in [-0.39, 0.29) is 49.1 Å². The SMILES string of the molecule is CCC(C(=O)N(C)C[C@H](C)NC(=O)C1(C#N)CCCC1)N1C(=O)CCC1=O. The van der Waals surface area contributed by atoms with Crippen LogP contribution in [0.5, 0.6) is 0 Å². The van der Waals surface area contributed by atoms with Gasteiger partial charge in [-0.25, -0.2) is 0 Å². The van der Waals surface area contributed by atoms with E-state index in [1.165, 1.54) is 4.90 Å². The monoisotopic (exact) mass is 376 g/mol. The first-order valence-electron chi connectivity index (χ1n) is 9.58. The average Bonchev–Trinajstić information content (AvgIpc) is 3.24. The van der Waals surface area contributed by atoms with Crippen molar-refractivity contribution in [2.75, 3.05) is 13.6 Å². The Morgan fingerprint density at radius 2 is 1.81 bits per heavy atom. The fraction of sp³-hybridized carbons (Fsp3) is 0.737. The molecule has 0 radical (unpaired) electrons. The molecule has 1 saturated heterocycles. The van der Waals surface area contributed by atoms with Crippen LogP contribution in [0.4, 0.5) is 0 Å². The summed E-state index contributed by atoms with van der Waals surface area (Å²) in [6.45, 7) is 3.77. The van der Waals surface area contributed by atoms with Crippen molar-refractivity contribution in [1.29, 1.82) is 5.26 Å². The lowest BCUT2D eigenvalue weighted by Crippen LogP contribution is -2.53. The lowest BCUT2D eigenvalue weighted by Gasteiger charge is -2.31. The maximum atomic E-state index is 12.8. The number of imide groups is 1. The van der Waals surface area contributed by atoms with Crippen LogP contribution in [0.1, 0.15) is 58.8 Å². The summed E-state index contributed by atoms with van der Waals surface area (Å²) in [6, 6.07) is 1.01. The maximum Gasteiger partial charge on any atom is 0.245 e. The Kier molecular flexibility index (Phi) is 6.58. The molecule has 2 rings (SSSR count). The summed E-state index contributed by atoms with van der Waals surface area (Å²) in [4.78, 5) is 51.7. The summed E-state index contributed by atoms with van der Waals surface area (Å²) < 4.78 is 0. The molecule has 2 atom stereocenters. The zero-order valence-electron chi connectivity index (χ0n) is 16.3. The van der Waals surface area contributed by atoms with Crippen molar-refractivity contribution in [1.82, 2.24) is 15.1 Å². The van der Waals surface area contributed by atoms with Crippen molar-refractivity contribution in [2.45, 2.75) is 70.9 Å². The number of nitrogens with zero attached hydrogens (tertiary/aromatic N) is 3. The minimum Gasteiger partial charge on any atom is -0.350 e. The molecule has 8 nitrogen and oxygen atoms in total. The molecule has 27 heavy (non-hydrogen) atoms. The first-order chi connectivity index (χ1) is 12.8. The standard InChI is InChI=1S/C19H28N4O4/c1-4-14(23-15(24)7-8-16(23)25)17(26)22(3)11-13(2)21-18(27)19(12-20)9-5-6-10-19/h13-14H,4-11H2,1-3H3,(H,21,27)/t13-,14?/m0/s1. The number of hydrogen-bond acceptors (Lipinski definition) is 5. The molecule has 0 bridgehead atoms. The number of nitriles is 1. The van der Waals surface area contributed by atoms with Gasteiger partial charge in [-0.15, -0.1) is 0 Å². The van der Waals surface area contributed by atoms with Crippen LogP contribution >= 0.6 is 0 Å². The van der Waals surface area contributed by atoms with E-state index in [1.54, 1.807) is 20.9 Å². The summed E-state index contributed by atoms with van der Waals surface area (Å²) in [5.41, 5.74) is -0.961.